The Hall–Kier alpha value is -2.12. The van der Waals surface area contributed by atoms with Crippen LogP contribution in [0.1, 0.15) is 31.8 Å². The van der Waals surface area contributed by atoms with Gasteiger partial charge in [-0.2, -0.15) is 16.8 Å². The maximum atomic E-state index is 12.9. The summed E-state index contributed by atoms with van der Waals surface area (Å²) in [5.74, 6) is -1.88. The normalized spacial score (nSPS) is 14.1. The minimum atomic E-state index is -4.86. The number of carbonyl (C=O) groups is 2. The number of benzene rings is 2. The van der Waals surface area contributed by atoms with E-state index in [1.165, 1.54) is 12.1 Å². The molecule has 0 spiro atoms. The molecule has 0 radical (unpaired) electrons. The number of carbonyl (C=O) groups excluding carboxylic acids is 2. The first-order valence-electron chi connectivity index (χ1n) is 6.65. The topological polar surface area (TPSA) is 169 Å². The van der Waals surface area contributed by atoms with Gasteiger partial charge in [0.2, 0.25) is 0 Å². The Balaban J connectivity index is 2.49. The van der Waals surface area contributed by atoms with Gasteiger partial charge in [0.25, 0.3) is 20.2 Å². The van der Waals surface area contributed by atoms with Gasteiger partial charge in [0.1, 0.15) is 9.79 Å². The van der Waals surface area contributed by atoms with Crippen molar-refractivity contribution in [2.75, 3.05) is 5.73 Å². The predicted octanol–water partition coefficient (Wildman–Crippen LogP) is 1.30. The van der Waals surface area contributed by atoms with E-state index in [1.807, 2.05) is 0 Å². The van der Waals surface area contributed by atoms with Crippen LogP contribution < -0.4 is 5.73 Å². The third-order valence-corrected chi connectivity index (χ3v) is 6.20. The molecule has 1 aliphatic carbocycles. The van der Waals surface area contributed by atoms with E-state index in [0.717, 1.165) is 12.1 Å². The van der Waals surface area contributed by atoms with E-state index < -0.39 is 58.4 Å². The molecule has 1 aliphatic rings. The van der Waals surface area contributed by atoms with Crippen LogP contribution in [0.2, 0.25) is 0 Å². The van der Waals surface area contributed by atoms with E-state index in [-0.39, 0.29) is 15.6 Å². The summed E-state index contributed by atoms with van der Waals surface area (Å²) in [6.45, 7) is 0. The van der Waals surface area contributed by atoms with E-state index in [1.54, 1.807) is 0 Å². The molecular formula is C14H8BrNO8S2. The van der Waals surface area contributed by atoms with Crippen molar-refractivity contribution in [3.05, 3.63) is 51.0 Å². The summed E-state index contributed by atoms with van der Waals surface area (Å²) < 4.78 is 64.5. The molecule has 136 valence electrons. The van der Waals surface area contributed by atoms with Crippen molar-refractivity contribution in [2.24, 2.45) is 0 Å². The number of anilines is 1. The lowest BCUT2D eigenvalue weighted by Crippen LogP contribution is -2.26. The number of halogens is 1. The quantitative estimate of drug-likeness (QED) is 0.375. The van der Waals surface area contributed by atoms with Crippen LogP contribution in [0.4, 0.5) is 5.69 Å². The zero-order valence-electron chi connectivity index (χ0n) is 12.4. The number of hydrogen-bond acceptors (Lipinski definition) is 7. The molecule has 3 rings (SSSR count). The van der Waals surface area contributed by atoms with Gasteiger partial charge in [-0.25, -0.2) is 0 Å². The Morgan fingerprint density at radius 2 is 1.42 bits per heavy atom. The van der Waals surface area contributed by atoms with Gasteiger partial charge in [0.15, 0.2) is 11.6 Å². The molecule has 9 nitrogen and oxygen atoms in total. The molecule has 2 aromatic carbocycles. The summed E-state index contributed by atoms with van der Waals surface area (Å²) in [6, 6.07) is 4.14. The highest BCUT2D eigenvalue weighted by atomic mass is 79.9. The first-order valence-corrected chi connectivity index (χ1v) is 10.3. The summed E-state index contributed by atoms with van der Waals surface area (Å²) in [6.07, 6.45) is 0. The number of nitrogen functional groups attached to an aromatic ring is 1. The number of rotatable bonds is 2. The van der Waals surface area contributed by atoms with Gasteiger partial charge in [-0.1, -0.05) is 12.1 Å². The summed E-state index contributed by atoms with van der Waals surface area (Å²) in [5, 5.41) is 0. The fraction of sp³-hybridized carbons (Fsp3) is 0. The van der Waals surface area contributed by atoms with Gasteiger partial charge >= 0.3 is 0 Å². The Bertz CT molecular complexity index is 1230. The fourth-order valence-electron chi connectivity index (χ4n) is 2.74. The first-order chi connectivity index (χ1) is 11.9. The average molecular weight is 462 g/mol. The minimum absolute atomic E-state index is 0.129. The Morgan fingerprint density at radius 1 is 0.846 bits per heavy atom. The van der Waals surface area contributed by atoms with Gasteiger partial charge in [-0.15, -0.1) is 0 Å². The Labute approximate surface area is 155 Å². The Kier molecular flexibility index (Phi) is 4.08. The lowest BCUT2D eigenvalue weighted by atomic mass is 9.83. The van der Waals surface area contributed by atoms with E-state index in [4.69, 9.17) is 5.73 Å². The maximum Gasteiger partial charge on any atom is 0.296 e. The molecule has 0 saturated heterocycles. The lowest BCUT2D eigenvalue weighted by molar-refractivity contribution is 0.0976. The number of hydrogen-bond donors (Lipinski definition) is 3. The smallest absolute Gasteiger partial charge is 0.296 e. The zero-order valence-corrected chi connectivity index (χ0v) is 15.6. The molecule has 0 unspecified atom stereocenters. The number of nitrogens with two attached hydrogens (primary N) is 1. The van der Waals surface area contributed by atoms with Gasteiger partial charge in [0, 0.05) is 10.0 Å². The van der Waals surface area contributed by atoms with Crippen LogP contribution in [0.25, 0.3) is 0 Å². The molecule has 12 heteroatoms. The van der Waals surface area contributed by atoms with Crippen molar-refractivity contribution in [3.8, 4) is 0 Å². The van der Waals surface area contributed by atoms with Crippen LogP contribution in [-0.4, -0.2) is 37.5 Å². The van der Waals surface area contributed by atoms with Crippen molar-refractivity contribution >= 4 is 53.4 Å². The molecule has 0 aromatic heterocycles. The largest absolute Gasteiger partial charge is 0.397 e. The number of fused-ring (bicyclic) bond motifs is 2. The monoisotopic (exact) mass is 461 g/mol. The van der Waals surface area contributed by atoms with Crippen LogP contribution in [0.15, 0.2) is 38.5 Å². The van der Waals surface area contributed by atoms with Crippen molar-refractivity contribution < 1.29 is 35.5 Å². The second-order valence-corrected chi connectivity index (χ2v) is 8.94. The van der Waals surface area contributed by atoms with Gasteiger partial charge in [-0.05, 0) is 28.1 Å². The molecule has 0 bridgehead atoms. The molecule has 4 N–H and O–H groups in total. The molecule has 0 amide bonds. The van der Waals surface area contributed by atoms with E-state index in [0.29, 0.717) is 0 Å². The van der Waals surface area contributed by atoms with Crippen molar-refractivity contribution in [2.45, 2.75) is 9.79 Å². The highest BCUT2D eigenvalue weighted by Crippen LogP contribution is 2.40. The van der Waals surface area contributed by atoms with Crippen LogP contribution in [0.3, 0.4) is 0 Å². The molecular weight excluding hydrogens is 454 g/mol. The third kappa shape index (κ3) is 2.66. The molecule has 26 heavy (non-hydrogen) atoms. The molecule has 0 fully saturated rings. The second kappa shape index (κ2) is 5.69. The SMILES string of the molecule is Nc1c(S(=O)(=O)O)cc(Br)c2c1C(=O)c1c(cccc1S(=O)(=O)O)C2=O. The third-order valence-electron chi connectivity index (χ3n) is 3.79. The van der Waals surface area contributed by atoms with Crippen molar-refractivity contribution in [3.63, 3.8) is 0 Å². The van der Waals surface area contributed by atoms with Gasteiger partial charge < -0.3 is 5.73 Å². The summed E-state index contributed by atoms with van der Waals surface area (Å²) in [5.41, 5.74) is 3.19. The fourth-order valence-corrected chi connectivity index (χ4v) is 4.86. The summed E-state index contributed by atoms with van der Waals surface area (Å²) >= 11 is 2.97. The Morgan fingerprint density at radius 3 is 1.96 bits per heavy atom. The van der Waals surface area contributed by atoms with Crippen LogP contribution in [-0.2, 0) is 20.2 Å². The molecule has 0 atom stereocenters. The van der Waals surface area contributed by atoms with Crippen LogP contribution in [0.5, 0.6) is 0 Å². The zero-order chi connectivity index (χ0) is 19.6. The average Bonchev–Trinajstić information content (AvgIpc) is 2.51. The highest BCUT2D eigenvalue weighted by Gasteiger charge is 2.39. The van der Waals surface area contributed by atoms with Gasteiger partial charge in [0.05, 0.1) is 22.4 Å². The summed E-state index contributed by atoms with van der Waals surface area (Å²) in [7, 11) is -9.69. The standard InChI is InChI=1S/C14H8BrNO8S2/c15-6-4-8(26(22,23)24)12(16)11-10(6)13(17)5-2-1-3-7(25(19,20)21)9(5)14(11)18/h1-4H,16H2,(H,19,20,21)(H,22,23,24). The van der Waals surface area contributed by atoms with Crippen LogP contribution in [0, 0.1) is 0 Å². The predicted molar refractivity (Wildman–Crippen MR) is 91.5 cm³/mol. The highest BCUT2D eigenvalue weighted by molar-refractivity contribution is 9.10. The van der Waals surface area contributed by atoms with Crippen molar-refractivity contribution in [1.29, 1.82) is 0 Å². The van der Waals surface area contributed by atoms with E-state index in [2.05, 4.69) is 15.9 Å². The second-order valence-electron chi connectivity index (χ2n) is 5.31. The molecule has 0 aliphatic heterocycles. The molecule has 0 heterocycles. The van der Waals surface area contributed by atoms with Crippen molar-refractivity contribution in [1.82, 2.24) is 0 Å². The maximum absolute atomic E-state index is 12.9. The minimum Gasteiger partial charge on any atom is -0.397 e. The first kappa shape index (κ1) is 18.7. The van der Waals surface area contributed by atoms with E-state index in [9.17, 15) is 35.5 Å². The van der Waals surface area contributed by atoms with E-state index >= 15 is 0 Å². The lowest BCUT2D eigenvalue weighted by Gasteiger charge is -2.22. The van der Waals surface area contributed by atoms with Crippen LogP contribution >= 0.6 is 15.9 Å². The number of ketones is 2. The molecule has 0 saturated carbocycles. The van der Waals surface area contributed by atoms with Gasteiger partial charge in [-0.3, -0.25) is 18.7 Å². The molecule has 2 aromatic rings. The summed E-state index contributed by atoms with van der Waals surface area (Å²) in [4.78, 5) is 24.0.